The third-order valence-corrected chi connectivity index (χ3v) is 5.98. The molecule has 2 aromatic carbocycles. The highest BCUT2D eigenvalue weighted by atomic mass is 16.7. The maximum atomic E-state index is 13.6. The van der Waals surface area contributed by atoms with Crippen molar-refractivity contribution in [3.05, 3.63) is 34.5 Å². The lowest BCUT2D eigenvalue weighted by molar-refractivity contribution is -0.277. The maximum absolute atomic E-state index is 13.6. The molecule has 4 rings (SSSR count). The number of fused-ring (bicyclic) bond motifs is 1. The molecule has 1 aromatic heterocycles. The second kappa shape index (κ2) is 10.3. The molecule has 0 bridgehead atoms. The van der Waals surface area contributed by atoms with E-state index in [4.69, 9.17) is 28.1 Å². The Morgan fingerprint density at radius 2 is 1.59 bits per heavy atom. The number of phenols is 2. The van der Waals surface area contributed by atoms with Crippen LogP contribution >= 0.6 is 0 Å². The van der Waals surface area contributed by atoms with Crippen LogP contribution in [0.2, 0.25) is 0 Å². The van der Waals surface area contributed by atoms with Crippen molar-refractivity contribution in [3.8, 4) is 45.8 Å². The van der Waals surface area contributed by atoms with Gasteiger partial charge in [-0.3, -0.25) is 4.79 Å². The SMILES string of the molecule is COc1ccc(-c2oc3cc(O)c(OC)c(O)c3c(=O)c2O[C@H]2O[C@H](CO)[C@@H](O)C(O)C2O)cc1OC. The Balaban J connectivity index is 1.96. The van der Waals surface area contributed by atoms with Crippen molar-refractivity contribution >= 4 is 11.0 Å². The Hall–Kier alpha value is -3.75. The third kappa shape index (κ3) is 4.47. The first-order chi connectivity index (χ1) is 17.7. The Morgan fingerprint density at radius 1 is 0.892 bits per heavy atom. The van der Waals surface area contributed by atoms with Crippen molar-refractivity contribution in [2.45, 2.75) is 30.7 Å². The third-order valence-electron chi connectivity index (χ3n) is 5.98. The summed E-state index contributed by atoms with van der Waals surface area (Å²) in [4.78, 5) is 13.6. The van der Waals surface area contributed by atoms with Gasteiger partial charge in [0.1, 0.15) is 35.4 Å². The molecule has 1 saturated heterocycles. The number of hydrogen-bond acceptors (Lipinski definition) is 13. The summed E-state index contributed by atoms with van der Waals surface area (Å²) >= 11 is 0. The van der Waals surface area contributed by atoms with Crippen LogP contribution in [0.25, 0.3) is 22.3 Å². The van der Waals surface area contributed by atoms with Crippen LogP contribution in [0.15, 0.2) is 33.5 Å². The van der Waals surface area contributed by atoms with Gasteiger partial charge in [-0.2, -0.15) is 0 Å². The molecule has 0 saturated carbocycles. The van der Waals surface area contributed by atoms with E-state index in [1.165, 1.54) is 39.5 Å². The standard InChI is InChI=1S/C24H26O13/c1-32-11-5-4-9(6-12(11)33-2)21-23(37-24-20(31)19(30)16(27)14(8-25)36-24)18(29)15-13(35-21)7-10(26)22(34-3)17(15)28/h4-7,14,16,19-20,24-28,30-31H,8H2,1-3H3/t14-,16-,19?,20?,24-/m1/s1. The Labute approximate surface area is 209 Å². The second-order valence-electron chi connectivity index (χ2n) is 8.13. The van der Waals surface area contributed by atoms with Crippen LogP contribution in [-0.4, -0.2) is 89.3 Å². The van der Waals surface area contributed by atoms with E-state index in [0.717, 1.165) is 6.07 Å². The van der Waals surface area contributed by atoms with Crippen LogP contribution in [-0.2, 0) is 4.74 Å². The van der Waals surface area contributed by atoms with Crippen molar-refractivity contribution in [1.82, 2.24) is 0 Å². The van der Waals surface area contributed by atoms with Crippen LogP contribution in [0.3, 0.4) is 0 Å². The van der Waals surface area contributed by atoms with Gasteiger partial charge in [0.15, 0.2) is 28.8 Å². The van der Waals surface area contributed by atoms with Crippen LogP contribution in [0.4, 0.5) is 0 Å². The van der Waals surface area contributed by atoms with Gasteiger partial charge in [0.2, 0.25) is 23.2 Å². The summed E-state index contributed by atoms with van der Waals surface area (Å²) in [6, 6.07) is 5.57. The van der Waals surface area contributed by atoms with Gasteiger partial charge < -0.3 is 58.7 Å². The molecule has 1 aliphatic rings. The van der Waals surface area contributed by atoms with E-state index >= 15 is 0 Å². The summed E-state index contributed by atoms with van der Waals surface area (Å²) in [6.45, 7) is -0.725. The number of ether oxygens (including phenoxy) is 5. The molecule has 13 nitrogen and oxygen atoms in total. The molecule has 0 spiro atoms. The topological polar surface area (TPSA) is 198 Å². The van der Waals surface area contributed by atoms with Gasteiger partial charge in [0.25, 0.3) is 0 Å². The number of aliphatic hydroxyl groups is 4. The maximum Gasteiger partial charge on any atom is 0.239 e. The number of aromatic hydroxyl groups is 2. The molecule has 200 valence electrons. The van der Waals surface area contributed by atoms with E-state index in [9.17, 15) is 35.4 Å². The number of aliphatic hydroxyl groups excluding tert-OH is 4. The highest BCUT2D eigenvalue weighted by molar-refractivity contribution is 5.91. The first-order valence-electron chi connectivity index (χ1n) is 11.0. The van der Waals surface area contributed by atoms with Crippen LogP contribution in [0.5, 0.6) is 34.5 Å². The molecule has 3 aromatic rings. The molecule has 13 heteroatoms. The zero-order chi connectivity index (χ0) is 27.0. The lowest BCUT2D eigenvalue weighted by atomic mass is 9.99. The number of benzene rings is 2. The van der Waals surface area contributed by atoms with E-state index < -0.39 is 71.1 Å². The minimum Gasteiger partial charge on any atom is -0.504 e. The molecule has 0 radical (unpaired) electrons. The lowest BCUT2D eigenvalue weighted by Gasteiger charge is -2.39. The molecular formula is C24H26O13. The largest absolute Gasteiger partial charge is 0.504 e. The molecule has 5 atom stereocenters. The molecule has 0 amide bonds. The molecule has 2 heterocycles. The van der Waals surface area contributed by atoms with Gasteiger partial charge in [-0.05, 0) is 18.2 Å². The first kappa shape index (κ1) is 26.3. The summed E-state index contributed by atoms with van der Waals surface area (Å²) in [5.41, 5.74) is -0.948. The van der Waals surface area contributed by atoms with Crippen LogP contribution < -0.4 is 24.4 Å². The fourth-order valence-corrected chi connectivity index (χ4v) is 4.04. The smallest absolute Gasteiger partial charge is 0.239 e. The van der Waals surface area contributed by atoms with Gasteiger partial charge in [0, 0.05) is 11.6 Å². The minimum atomic E-state index is -1.84. The Bertz CT molecular complexity index is 1350. The fourth-order valence-electron chi connectivity index (χ4n) is 4.04. The molecule has 0 aliphatic carbocycles. The molecular weight excluding hydrogens is 496 g/mol. The second-order valence-corrected chi connectivity index (χ2v) is 8.13. The number of phenolic OH excluding ortho intramolecular Hbond substituents is 2. The summed E-state index contributed by atoms with van der Waals surface area (Å²) in [7, 11) is 4.00. The Kier molecular flexibility index (Phi) is 7.34. The molecule has 37 heavy (non-hydrogen) atoms. The predicted molar refractivity (Wildman–Crippen MR) is 125 cm³/mol. The fraction of sp³-hybridized carbons (Fsp3) is 0.375. The van der Waals surface area contributed by atoms with E-state index in [2.05, 4.69) is 0 Å². The summed E-state index contributed by atoms with van der Waals surface area (Å²) in [5.74, 6) is -1.78. The van der Waals surface area contributed by atoms with Crippen molar-refractivity contribution in [2.75, 3.05) is 27.9 Å². The lowest BCUT2D eigenvalue weighted by Crippen LogP contribution is -2.60. The van der Waals surface area contributed by atoms with Gasteiger partial charge in [-0.15, -0.1) is 0 Å². The minimum absolute atomic E-state index is 0.223. The average Bonchev–Trinajstić information content (AvgIpc) is 2.89. The summed E-state index contributed by atoms with van der Waals surface area (Å²) < 4.78 is 32.5. The number of hydrogen-bond donors (Lipinski definition) is 6. The van der Waals surface area contributed by atoms with Gasteiger partial charge in [-0.1, -0.05) is 0 Å². The molecule has 6 N–H and O–H groups in total. The monoisotopic (exact) mass is 522 g/mol. The van der Waals surface area contributed by atoms with Crippen LogP contribution in [0, 0.1) is 0 Å². The van der Waals surface area contributed by atoms with E-state index in [1.54, 1.807) is 0 Å². The predicted octanol–water partition coefficient (Wildman–Crippen LogP) is 0.0757. The summed E-state index contributed by atoms with van der Waals surface area (Å²) in [6.07, 6.45) is -8.33. The molecule has 1 fully saturated rings. The van der Waals surface area contributed by atoms with Crippen LogP contribution in [0.1, 0.15) is 0 Å². The Morgan fingerprint density at radius 3 is 2.22 bits per heavy atom. The van der Waals surface area contributed by atoms with Crippen molar-refractivity contribution in [2.24, 2.45) is 0 Å². The van der Waals surface area contributed by atoms with E-state index in [0.29, 0.717) is 5.75 Å². The first-order valence-corrected chi connectivity index (χ1v) is 11.0. The quantitative estimate of drug-likeness (QED) is 0.244. The van der Waals surface area contributed by atoms with Crippen molar-refractivity contribution in [1.29, 1.82) is 0 Å². The van der Waals surface area contributed by atoms with Gasteiger partial charge >= 0.3 is 0 Å². The zero-order valence-corrected chi connectivity index (χ0v) is 19.9. The van der Waals surface area contributed by atoms with Gasteiger partial charge in [-0.25, -0.2) is 0 Å². The van der Waals surface area contributed by atoms with E-state index in [-0.39, 0.29) is 22.7 Å². The van der Waals surface area contributed by atoms with Crippen molar-refractivity contribution < 1.29 is 58.7 Å². The molecule has 1 aliphatic heterocycles. The number of methoxy groups -OCH3 is 3. The number of rotatable bonds is 7. The average molecular weight is 522 g/mol. The molecule has 2 unspecified atom stereocenters. The highest BCUT2D eigenvalue weighted by Gasteiger charge is 2.45. The zero-order valence-electron chi connectivity index (χ0n) is 19.9. The van der Waals surface area contributed by atoms with Crippen molar-refractivity contribution in [3.63, 3.8) is 0 Å². The highest BCUT2D eigenvalue weighted by Crippen LogP contribution is 2.44. The van der Waals surface area contributed by atoms with Gasteiger partial charge in [0.05, 0.1) is 27.9 Å². The van der Waals surface area contributed by atoms with E-state index in [1.807, 2.05) is 0 Å². The summed E-state index contributed by atoms with van der Waals surface area (Å²) in [5, 5.41) is 60.6. The normalized spacial score (nSPS) is 23.6.